The van der Waals surface area contributed by atoms with Crippen LogP contribution in [0, 0.1) is 12.8 Å². The number of hydrogen-bond acceptors (Lipinski definition) is 3. The molecular formula is C15H21NO4S. The minimum atomic E-state index is -3.70. The summed E-state index contributed by atoms with van der Waals surface area (Å²) < 4.78 is 27.7. The summed E-state index contributed by atoms with van der Waals surface area (Å²) in [6.07, 6.45) is 4.37. The maximum Gasteiger partial charge on any atom is 0.335 e. The summed E-state index contributed by atoms with van der Waals surface area (Å²) in [5, 5.41) is 9.10. The Balaban J connectivity index is 2.27. The maximum absolute atomic E-state index is 12.5. The van der Waals surface area contributed by atoms with Crippen molar-refractivity contribution in [3.63, 3.8) is 0 Å². The van der Waals surface area contributed by atoms with Crippen LogP contribution < -0.4 is 4.72 Å². The van der Waals surface area contributed by atoms with Crippen LogP contribution >= 0.6 is 0 Å². The number of aromatic carboxylic acids is 1. The third-order valence-electron chi connectivity index (χ3n) is 4.25. The van der Waals surface area contributed by atoms with Crippen molar-refractivity contribution in [2.45, 2.75) is 50.5 Å². The minimum absolute atomic E-state index is 0.0198. The highest BCUT2D eigenvalue weighted by atomic mass is 32.2. The number of rotatable bonds is 5. The molecule has 1 aromatic rings. The average Bonchev–Trinajstić information content (AvgIpc) is 2.91. The molecule has 0 radical (unpaired) electrons. The van der Waals surface area contributed by atoms with Gasteiger partial charge in [-0.2, -0.15) is 0 Å². The Morgan fingerprint density at radius 2 is 1.95 bits per heavy atom. The molecule has 1 aromatic carbocycles. The number of sulfonamides is 1. The van der Waals surface area contributed by atoms with Crippen LogP contribution in [0.2, 0.25) is 0 Å². The monoisotopic (exact) mass is 311 g/mol. The minimum Gasteiger partial charge on any atom is -0.478 e. The zero-order valence-corrected chi connectivity index (χ0v) is 13.1. The first-order chi connectivity index (χ1) is 9.83. The van der Waals surface area contributed by atoms with E-state index in [1.807, 2.05) is 6.92 Å². The number of nitrogens with one attached hydrogen (secondary N) is 1. The van der Waals surface area contributed by atoms with E-state index in [1.54, 1.807) is 0 Å². The van der Waals surface area contributed by atoms with Gasteiger partial charge in [0.1, 0.15) is 0 Å². The quantitative estimate of drug-likeness (QED) is 0.875. The fraction of sp³-hybridized carbons (Fsp3) is 0.533. The summed E-state index contributed by atoms with van der Waals surface area (Å²) in [5.41, 5.74) is 0.294. The van der Waals surface area contributed by atoms with E-state index in [-0.39, 0.29) is 22.1 Å². The number of hydrogen-bond donors (Lipinski definition) is 2. The number of carboxylic acid groups (broad SMARTS) is 1. The van der Waals surface area contributed by atoms with Gasteiger partial charge in [-0.05, 0) is 50.3 Å². The second-order valence-electron chi connectivity index (χ2n) is 5.69. The molecule has 0 bridgehead atoms. The molecule has 0 spiro atoms. The summed E-state index contributed by atoms with van der Waals surface area (Å²) in [6, 6.07) is 4.19. The van der Waals surface area contributed by atoms with E-state index in [1.165, 1.54) is 25.1 Å². The Morgan fingerprint density at radius 1 is 1.33 bits per heavy atom. The van der Waals surface area contributed by atoms with Gasteiger partial charge in [-0.15, -0.1) is 0 Å². The molecule has 0 aromatic heterocycles. The molecule has 0 unspecified atom stereocenters. The summed E-state index contributed by atoms with van der Waals surface area (Å²) in [6.45, 7) is 3.40. The summed E-state index contributed by atoms with van der Waals surface area (Å²) in [5.74, 6) is -0.754. The van der Waals surface area contributed by atoms with E-state index in [9.17, 15) is 13.2 Å². The van der Waals surface area contributed by atoms with Crippen LogP contribution in [0.15, 0.2) is 23.1 Å². The smallest absolute Gasteiger partial charge is 0.335 e. The second kappa shape index (κ2) is 6.15. The van der Waals surface area contributed by atoms with Crippen LogP contribution in [0.25, 0.3) is 0 Å². The number of carboxylic acids is 1. The molecule has 1 aliphatic carbocycles. The van der Waals surface area contributed by atoms with Crippen molar-refractivity contribution >= 4 is 16.0 Å². The third-order valence-corrected chi connectivity index (χ3v) is 5.96. The fourth-order valence-electron chi connectivity index (χ4n) is 3.00. The van der Waals surface area contributed by atoms with Crippen molar-refractivity contribution in [1.29, 1.82) is 0 Å². The van der Waals surface area contributed by atoms with E-state index in [0.29, 0.717) is 5.92 Å². The van der Waals surface area contributed by atoms with Gasteiger partial charge in [-0.25, -0.2) is 17.9 Å². The van der Waals surface area contributed by atoms with Crippen molar-refractivity contribution in [3.05, 3.63) is 29.3 Å². The van der Waals surface area contributed by atoms with Crippen molar-refractivity contribution in [2.75, 3.05) is 0 Å². The molecule has 1 saturated carbocycles. The van der Waals surface area contributed by atoms with Gasteiger partial charge >= 0.3 is 5.97 Å². The van der Waals surface area contributed by atoms with Crippen LogP contribution in [0.5, 0.6) is 0 Å². The molecule has 0 saturated heterocycles. The predicted octanol–water partition coefficient (Wildman–Crippen LogP) is 2.55. The molecular weight excluding hydrogens is 290 g/mol. The molecule has 0 heterocycles. The molecule has 1 atom stereocenters. The van der Waals surface area contributed by atoms with Gasteiger partial charge in [0.25, 0.3) is 0 Å². The highest BCUT2D eigenvalue weighted by molar-refractivity contribution is 7.89. The summed E-state index contributed by atoms with van der Waals surface area (Å²) in [4.78, 5) is 11.2. The lowest BCUT2D eigenvalue weighted by atomic mass is 10.0. The summed E-state index contributed by atoms with van der Waals surface area (Å²) >= 11 is 0. The first kappa shape index (κ1) is 16.0. The molecule has 5 nitrogen and oxygen atoms in total. The van der Waals surface area contributed by atoms with E-state index in [2.05, 4.69) is 4.72 Å². The average molecular weight is 311 g/mol. The fourth-order valence-corrected chi connectivity index (χ4v) is 4.58. The molecule has 6 heteroatoms. The third kappa shape index (κ3) is 3.44. The highest BCUT2D eigenvalue weighted by Gasteiger charge is 2.27. The topological polar surface area (TPSA) is 83.5 Å². The standard InChI is InChI=1S/C15H21NO4S/c1-10-13(15(17)18)8-5-9-14(10)21(19,20)16-11(2)12-6-3-4-7-12/h5,8-9,11-12,16H,3-4,6-7H2,1-2H3,(H,17,18)/t11-/m0/s1. The molecule has 21 heavy (non-hydrogen) atoms. The van der Waals surface area contributed by atoms with E-state index in [0.717, 1.165) is 25.7 Å². The number of carbonyl (C=O) groups is 1. The van der Waals surface area contributed by atoms with E-state index >= 15 is 0 Å². The van der Waals surface area contributed by atoms with Gasteiger partial charge in [-0.1, -0.05) is 18.9 Å². The van der Waals surface area contributed by atoms with Crippen molar-refractivity contribution < 1.29 is 18.3 Å². The Labute approximate surface area is 125 Å². The molecule has 0 aliphatic heterocycles. The van der Waals surface area contributed by atoms with Crippen molar-refractivity contribution in [1.82, 2.24) is 4.72 Å². The van der Waals surface area contributed by atoms with Gasteiger partial charge in [0.2, 0.25) is 10.0 Å². The zero-order chi connectivity index (χ0) is 15.6. The van der Waals surface area contributed by atoms with Gasteiger partial charge in [0.05, 0.1) is 10.5 Å². The molecule has 1 fully saturated rings. The van der Waals surface area contributed by atoms with Crippen LogP contribution in [0.4, 0.5) is 0 Å². The normalized spacial score (nSPS) is 17.8. The van der Waals surface area contributed by atoms with Gasteiger partial charge in [0, 0.05) is 6.04 Å². The lowest BCUT2D eigenvalue weighted by Gasteiger charge is -2.21. The Hall–Kier alpha value is -1.40. The molecule has 1 aliphatic rings. The van der Waals surface area contributed by atoms with Crippen LogP contribution in [0.3, 0.4) is 0 Å². The van der Waals surface area contributed by atoms with Crippen LogP contribution in [-0.4, -0.2) is 25.5 Å². The van der Waals surface area contributed by atoms with Gasteiger partial charge in [0.15, 0.2) is 0 Å². The summed E-state index contributed by atoms with van der Waals surface area (Å²) in [7, 11) is -3.70. The zero-order valence-electron chi connectivity index (χ0n) is 12.3. The van der Waals surface area contributed by atoms with Crippen LogP contribution in [0.1, 0.15) is 48.5 Å². The molecule has 2 N–H and O–H groups in total. The molecule has 0 amide bonds. The van der Waals surface area contributed by atoms with E-state index in [4.69, 9.17) is 5.11 Å². The van der Waals surface area contributed by atoms with Crippen molar-refractivity contribution in [3.8, 4) is 0 Å². The lowest BCUT2D eigenvalue weighted by molar-refractivity contribution is 0.0696. The SMILES string of the molecule is Cc1c(C(=O)O)cccc1S(=O)(=O)N[C@@H](C)C1CCCC1. The Morgan fingerprint density at radius 3 is 2.52 bits per heavy atom. The van der Waals surface area contributed by atoms with Gasteiger partial charge in [-0.3, -0.25) is 0 Å². The molecule has 116 valence electrons. The first-order valence-corrected chi connectivity index (χ1v) is 8.66. The largest absolute Gasteiger partial charge is 0.478 e. The first-order valence-electron chi connectivity index (χ1n) is 7.18. The van der Waals surface area contributed by atoms with Crippen LogP contribution in [-0.2, 0) is 10.0 Å². The highest BCUT2D eigenvalue weighted by Crippen LogP contribution is 2.28. The lowest BCUT2D eigenvalue weighted by Crippen LogP contribution is -2.37. The van der Waals surface area contributed by atoms with Gasteiger partial charge < -0.3 is 5.11 Å². The second-order valence-corrected chi connectivity index (χ2v) is 7.37. The Bertz CT molecular complexity index is 633. The maximum atomic E-state index is 12.5. The predicted molar refractivity (Wildman–Crippen MR) is 79.9 cm³/mol. The Kier molecular flexibility index (Phi) is 4.68. The number of benzene rings is 1. The van der Waals surface area contributed by atoms with E-state index < -0.39 is 16.0 Å². The van der Waals surface area contributed by atoms with Crippen molar-refractivity contribution in [2.24, 2.45) is 5.92 Å². The molecule has 2 rings (SSSR count).